The molecule has 0 saturated heterocycles. The molecule has 4 rings (SSSR count). The van der Waals surface area contributed by atoms with Crippen molar-refractivity contribution in [3.63, 3.8) is 0 Å². The van der Waals surface area contributed by atoms with Crippen molar-refractivity contribution in [2.75, 3.05) is 5.32 Å². The molecule has 7 nitrogen and oxygen atoms in total. The number of halogens is 3. The van der Waals surface area contributed by atoms with E-state index in [1.165, 1.54) is 30.3 Å². The summed E-state index contributed by atoms with van der Waals surface area (Å²) in [6.45, 7) is -0.0713. The molecule has 1 aromatic heterocycles. The van der Waals surface area contributed by atoms with E-state index >= 15 is 0 Å². The lowest BCUT2D eigenvalue weighted by molar-refractivity contribution is -0.137. The molecule has 4 aromatic rings. The van der Waals surface area contributed by atoms with Gasteiger partial charge in [-0.15, -0.1) is 0 Å². The molecule has 37 heavy (non-hydrogen) atoms. The van der Waals surface area contributed by atoms with Crippen LogP contribution in [0.15, 0.2) is 90.0 Å². The maximum absolute atomic E-state index is 12.8. The van der Waals surface area contributed by atoms with E-state index in [-0.39, 0.29) is 22.9 Å². The van der Waals surface area contributed by atoms with Crippen molar-refractivity contribution < 1.29 is 31.2 Å². The largest absolute Gasteiger partial charge is 0.416 e. The Balaban J connectivity index is 1.51. The SMILES string of the molecule is NS(=O)(=O)c1ccc(NC(=O)Cn2cc(/C=C/C(=O)c3ccc(C(F)(F)F)cc3)c3ccccc32)cc1. The van der Waals surface area contributed by atoms with Gasteiger partial charge in [0, 0.05) is 33.9 Å². The number of hydrogen-bond donors (Lipinski definition) is 2. The Kier molecular flexibility index (Phi) is 7.01. The number of carbonyl (C=O) groups excluding carboxylic acids is 2. The first-order valence-corrected chi connectivity index (χ1v) is 12.4. The molecule has 0 aliphatic carbocycles. The van der Waals surface area contributed by atoms with E-state index in [0.29, 0.717) is 11.3 Å². The summed E-state index contributed by atoms with van der Waals surface area (Å²) in [5.74, 6) is -0.841. The van der Waals surface area contributed by atoms with Gasteiger partial charge in [0.1, 0.15) is 6.54 Å². The minimum atomic E-state index is -4.49. The van der Waals surface area contributed by atoms with Gasteiger partial charge in [-0.1, -0.05) is 30.3 Å². The highest BCUT2D eigenvalue weighted by Gasteiger charge is 2.30. The third-order valence-corrected chi connectivity index (χ3v) is 6.44. The maximum atomic E-state index is 12.8. The van der Waals surface area contributed by atoms with E-state index < -0.39 is 27.5 Å². The minimum absolute atomic E-state index is 0.0713. The number of allylic oxidation sites excluding steroid dienone is 1. The van der Waals surface area contributed by atoms with Gasteiger partial charge in [0.05, 0.1) is 10.5 Å². The molecule has 1 heterocycles. The Hall–Kier alpha value is -4.22. The van der Waals surface area contributed by atoms with Crippen LogP contribution in [0.1, 0.15) is 21.5 Å². The lowest BCUT2D eigenvalue weighted by Crippen LogP contribution is -2.18. The van der Waals surface area contributed by atoms with Crippen molar-refractivity contribution in [3.8, 4) is 0 Å². The molecule has 0 bridgehead atoms. The molecular weight excluding hydrogens is 507 g/mol. The number of benzene rings is 3. The molecule has 3 aromatic carbocycles. The highest BCUT2D eigenvalue weighted by Crippen LogP contribution is 2.29. The van der Waals surface area contributed by atoms with E-state index in [2.05, 4.69) is 5.32 Å². The first-order chi connectivity index (χ1) is 17.4. The van der Waals surface area contributed by atoms with Gasteiger partial charge < -0.3 is 9.88 Å². The van der Waals surface area contributed by atoms with Crippen LogP contribution in [-0.2, 0) is 27.5 Å². The van der Waals surface area contributed by atoms with Crippen LogP contribution in [-0.4, -0.2) is 24.7 Å². The molecule has 0 saturated carbocycles. The predicted octanol–water partition coefficient (Wildman–Crippen LogP) is 4.84. The van der Waals surface area contributed by atoms with Crippen molar-refractivity contribution in [1.29, 1.82) is 0 Å². The predicted molar refractivity (Wildman–Crippen MR) is 133 cm³/mol. The number of amides is 1. The van der Waals surface area contributed by atoms with Crippen LogP contribution >= 0.6 is 0 Å². The van der Waals surface area contributed by atoms with Crippen molar-refractivity contribution >= 4 is 44.4 Å². The molecule has 0 unspecified atom stereocenters. The summed E-state index contributed by atoms with van der Waals surface area (Å²) in [5, 5.41) is 8.53. The second-order valence-corrected chi connectivity index (χ2v) is 9.68. The summed E-state index contributed by atoms with van der Waals surface area (Å²) >= 11 is 0. The lowest BCUT2D eigenvalue weighted by Gasteiger charge is -2.08. The zero-order valence-corrected chi connectivity index (χ0v) is 19.9. The van der Waals surface area contributed by atoms with Crippen LogP contribution in [0.25, 0.3) is 17.0 Å². The normalized spacial score (nSPS) is 12.2. The Bertz CT molecular complexity index is 1610. The highest BCUT2D eigenvalue weighted by molar-refractivity contribution is 7.89. The minimum Gasteiger partial charge on any atom is -0.337 e. The molecule has 0 atom stereocenters. The first-order valence-electron chi connectivity index (χ1n) is 10.8. The molecule has 0 aliphatic rings. The van der Waals surface area contributed by atoms with Crippen LogP contribution in [0.2, 0.25) is 0 Å². The average Bonchev–Trinajstić information content (AvgIpc) is 3.19. The number of nitrogens with zero attached hydrogens (tertiary/aromatic N) is 1. The van der Waals surface area contributed by atoms with Crippen LogP contribution in [0.4, 0.5) is 18.9 Å². The van der Waals surface area contributed by atoms with Gasteiger partial charge in [0.2, 0.25) is 15.9 Å². The first kappa shape index (κ1) is 25.9. The fourth-order valence-corrected chi connectivity index (χ4v) is 4.22. The number of anilines is 1. The molecule has 0 radical (unpaired) electrons. The number of nitrogens with two attached hydrogens (primary N) is 1. The highest BCUT2D eigenvalue weighted by atomic mass is 32.2. The topological polar surface area (TPSA) is 111 Å². The Morgan fingerprint density at radius 2 is 1.59 bits per heavy atom. The van der Waals surface area contributed by atoms with Gasteiger partial charge in [0.15, 0.2) is 5.78 Å². The molecule has 0 aliphatic heterocycles. The van der Waals surface area contributed by atoms with E-state index in [4.69, 9.17) is 5.14 Å². The summed E-state index contributed by atoms with van der Waals surface area (Å²) in [4.78, 5) is 25.1. The number of hydrogen-bond acceptors (Lipinski definition) is 4. The van der Waals surface area contributed by atoms with E-state index in [9.17, 15) is 31.2 Å². The van der Waals surface area contributed by atoms with Gasteiger partial charge in [0.25, 0.3) is 0 Å². The van der Waals surface area contributed by atoms with Gasteiger partial charge in [-0.2, -0.15) is 13.2 Å². The zero-order valence-electron chi connectivity index (χ0n) is 19.1. The third-order valence-electron chi connectivity index (χ3n) is 5.51. The number of primary sulfonamides is 1. The average molecular weight is 528 g/mol. The molecule has 3 N–H and O–H groups in total. The number of alkyl halides is 3. The fourth-order valence-electron chi connectivity index (χ4n) is 3.71. The standard InChI is InChI=1S/C26H20F3N3O4S/c27-26(28,29)19-8-5-17(6-9-19)24(33)14-7-18-15-32(23-4-2-1-3-22(18)23)16-25(34)31-20-10-12-21(13-11-20)37(30,35)36/h1-15H,16H2,(H,31,34)(H2,30,35,36)/b14-7+. The number of aromatic nitrogens is 1. The Morgan fingerprint density at radius 3 is 2.22 bits per heavy atom. The lowest BCUT2D eigenvalue weighted by atomic mass is 10.1. The van der Waals surface area contributed by atoms with Crippen molar-refractivity contribution in [3.05, 3.63) is 102 Å². The number of ketones is 1. The molecule has 0 fully saturated rings. The number of para-hydroxylation sites is 1. The second-order valence-electron chi connectivity index (χ2n) is 8.12. The van der Waals surface area contributed by atoms with E-state index in [0.717, 1.165) is 35.2 Å². The number of sulfonamides is 1. The van der Waals surface area contributed by atoms with E-state index in [1.807, 2.05) is 6.07 Å². The monoisotopic (exact) mass is 527 g/mol. The quantitative estimate of drug-likeness (QED) is 0.265. The zero-order chi connectivity index (χ0) is 26.8. The van der Waals surface area contributed by atoms with Gasteiger partial charge in [-0.3, -0.25) is 9.59 Å². The number of carbonyl (C=O) groups is 2. The molecule has 190 valence electrons. The number of fused-ring (bicyclic) bond motifs is 1. The van der Waals surface area contributed by atoms with Crippen molar-refractivity contribution in [1.82, 2.24) is 4.57 Å². The summed E-state index contributed by atoms with van der Waals surface area (Å²) in [7, 11) is -3.85. The number of rotatable bonds is 7. The molecular formula is C26H20F3N3O4S. The Labute approximate surface area is 210 Å². The van der Waals surface area contributed by atoms with Gasteiger partial charge in [-0.25, -0.2) is 13.6 Å². The molecule has 1 amide bonds. The second kappa shape index (κ2) is 10.0. The van der Waals surface area contributed by atoms with Gasteiger partial charge >= 0.3 is 6.18 Å². The van der Waals surface area contributed by atoms with Crippen molar-refractivity contribution in [2.45, 2.75) is 17.6 Å². The van der Waals surface area contributed by atoms with E-state index in [1.54, 1.807) is 35.0 Å². The third kappa shape index (κ3) is 6.13. The van der Waals surface area contributed by atoms with Crippen LogP contribution < -0.4 is 10.5 Å². The number of nitrogens with one attached hydrogen (secondary N) is 1. The Morgan fingerprint density at radius 1 is 0.946 bits per heavy atom. The fraction of sp³-hybridized carbons (Fsp3) is 0.0769. The molecule has 0 spiro atoms. The van der Waals surface area contributed by atoms with Crippen molar-refractivity contribution in [2.24, 2.45) is 5.14 Å². The summed E-state index contributed by atoms with van der Waals surface area (Å²) < 4.78 is 62.7. The summed E-state index contributed by atoms with van der Waals surface area (Å²) in [6, 6.07) is 16.6. The smallest absolute Gasteiger partial charge is 0.337 e. The summed E-state index contributed by atoms with van der Waals surface area (Å²) in [5.41, 5.74) is 1.02. The van der Waals surface area contributed by atoms with Crippen LogP contribution in [0.5, 0.6) is 0 Å². The summed E-state index contributed by atoms with van der Waals surface area (Å²) in [6.07, 6.45) is 0.00945. The van der Waals surface area contributed by atoms with Crippen LogP contribution in [0.3, 0.4) is 0 Å². The molecule has 11 heteroatoms. The maximum Gasteiger partial charge on any atom is 0.416 e. The van der Waals surface area contributed by atoms with Gasteiger partial charge in [-0.05, 0) is 54.6 Å². The van der Waals surface area contributed by atoms with Crippen LogP contribution in [0, 0.1) is 0 Å².